The second-order valence-corrected chi connectivity index (χ2v) is 12.3. The lowest BCUT2D eigenvalue weighted by Gasteiger charge is -2.38. The summed E-state index contributed by atoms with van der Waals surface area (Å²) < 4.78 is 18.7. The maximum absolute atomic E-state index is 10.3. The first-order valence-corrected chi connectivity index (χ1v) is 14.7. The molecule has 43 heavy (non-hydrogen) atoms. The van der Waals surface area contributed by atoms with Gasteiger partial charge in [-0.05, 0) is 71.8 Å². The molecule has 1 unspecified atom stereocenters. The molecule has 4 nitrogen and oxygen atoms in total. The molecule has 0 bridgehead atoms. The van der Waals surface area contributed by atoms with E-state index in [1.807, 2.05) is 18.2 Å². The van der Waals surface area contributed by atoms with E-state index in [4.69, 9.17) is 14.2 Å². The minimum absolute atomic E-state index is 0.116. The second kappa shape index (κ2) is 9.75. The highest BCUT2D eigenvalue weighted by molar-refractivity contribution is 6.09. The van der Waals surface area contributed by atoms with Crippen LogP contribution < -0.4 is 14.2 Å². The molecule has 216 valence electrons. The van der Waals surface area contributed by atoms with Gasteiger partial charge in [-0.3, -0.25) is 0 Å². The van der Waals surface area contributed by atoms with Crippen molar-refractivity contribution in [2.24, 2.45) is 0 Å². The van der Waals surface area contributed by atoms with Crippen LogP contribution in [-0.4, -0.2) is 19.3 Å². The third-order valence-electron chi connectivity index (χ3n) is 9.36. The summed E-state index contributed by atoms with van der Waals surface area (Å²) in [5.41, 5.74) is 10.1. The fourth-order valence-electron chi connectivity index (χ4n) is 7.10. The van der Waals surface area contributed by atoms with Crippen molar-refractivity contribution in [2.75, 3.05) is 14.2 Å². The van der Waals surface area contributed by atoms with Gasteiger partial charge in [0.25, 0.3) is 0 Å². The molecule has 1 atom stereocenters. The molecular weight excluding hydrogens is 532 g/mol. The van der Waals surface area contributed by atoms with Crippen LogP contribution in [0.5, 0.6) is 17.2 Å². The van der Waals surface area contributed by atoms with E-state index in [-0.39, 0.29) is 12.0 Å². The maximum Gasteiger partial charge on any atom is 0.178 e. The van der Waals surface area contributed by atoms with Crippen molar-refractivity contribution in [3.63, 3.8) is 0 Å². The van der Waals surface area contributed by atoms with E-state index < -0.39 is 5.60 Å². The topological polar surface area (TPSA) is 47.9 Å². The number of aliphatic hydroxyl groups excluding tert-OH is 1. The van der Waals surface area contributed by atoms with Crippen LogP contribution in [0.3, 0.4) is 0 Å². The molecule has 0 radical (unpaired) electrons. The standard InChI is InChI=1S/C39H36O4/c1-23-7-10-26(11-8-23)39(27-12-14-28(41-5)15-13-27)18-17-30-36-35(29-16-9-24(2)19-33(29)38(36,3)4)31-20-25(22-40)34(42-6)21-32(31)37(30)43-39/h7-21,40H,22H2,1-6H3. The third kappa shape index (κ3) is 3.93. The Morgan fingerprint density at radius 2 is 1.44 bits per heavy atom. The second-order valence-electron chi connectivity index (χ2n) is 12.3. The Labute approximate surface area is 253 Å². The van der Waals surface area contributed by atoms with E-state index in [1.54, 1.807) is 14.2 Å². The van der Waals surface area contributed by atoms with E-state index in [0.29, 0.717) is 5.75 Å². The van der Waals surface area contributed by atoms with E-state index in [1.165, 1.54) is 33.4 Å². The molecule has 0 fully saturated rings. The predicted molar refractivity (Wildman–Crippen MR) is 173 cm³/mol. The van der Waals surface area contributed by atoms with Gasteiger partial charge in [0.05, 0.1) is 20.8 Å². The van der Waals surface area contributed by atoms with Gasteiger partial charge in [-0.2, -0.15) is 0 Å². The molecule has 7 rings (SSSR count). The third-order valence-corrected chi connectivity index (χ3v) is 9.36. The fourth-order valence-corrected chi connectivity index (χ4v) is 7.10. The molecule has 5 aromatic carbocycles. The largest absolute Gasteiger partial charge is 0.497 e. The van der Waals surface area contributed by atoms with E-state index in [9.17, 15) is 5.11 Å². The number of fused-ring (bicyclic) bond motifs is 8. The van der Waals surface area contributed by atoms with E-state index in [2.05, 4.69) is 101 Å². The highest BCUT2D eigenvalue weighted by Crippen LogP contribution is 2.58. The van der Waals surface area contributed by atoms with E-state index in [0.717, 1.165) is 44.5 Å². The van der Waals surface area contributed by atoms with E-state index >= 15 is 0 Å². The molecule has 0 saturated carbocycles. The van der Waals surface area contributed by atoms with Gasteiger partial charge in [0.2, 0.25) is 0 Å². The molecule has 1 aliphatic heterocycles. The first-order chi connectivity index (χ1) is 20.7. The number of aliphatic hydroxyl groups is 1. The monoisotopic (exact) mass is 568 g/mol. The molecule has 4 heteroatoms. The van der Waals surface area contributed by atoms with Crippen LogP contribution in [-0.2, 0) is 17.6 Å². The highest BCUT2D eigenvalue weighted by atomic mass is 16.5. The smallest absolute Gasteiger partial charge is 0.178 e. The first-order valence-electron chi connectivity index (χ1n) is 14.7. The quantitative estimate of drug-likeness (QED) is 0.231. The number of hydrogen-bond acceptors (Lipinski definition) is 4. The Kier molecular flexibility index (Phi) is 6.19. The number of rotatable bonds is 5. The Hall–Kier alpha value is -4.54. The number of aryl methyl sites for hydroxylation is 2. The van der Waals surface area contributed by atoms with Crippen LogP contribution in [0.15, 0.2) is 84.9 Å². The average Bonchev–Trinajstić information content (AvgIpc) is 3.26. The first kappa shape index (κ1) is 27.3. The number of methoxy groups -OCH3 is 2. The predicted octanol–water partition coefficient (Wildman–Crippen LogP) is 8.62. The van der Waals surface area contributed by atoms with Crippen LogP contribution >= 0.6 is 0 Å². The fraction of sp³-hybridized carbons (Fsp3) is 0.231. The van der Waals surface area contributed by atoms with Gasteiger partial charge >= 0.3 is 0 Å². The molecule has 0 spiro atoms. The Bertz CT molecular complexity index is 1930. The minimum atomic E-state index is -0.872. The summed E-state index contributed by atoms with van der Waals surface area (Å²) in [5, 5.41) is 12.4. The lowest BCUT2D eigenvalue weighted by molar-refractivity contribution is 0.163. The van der Waals surface area contributed by atoms with Gasteiger partial charge in [-0.1, -0.05) is 85.6 Å². The minimum Gasteiger partial charge on any atom is -0.497 e. The summed E-state index contributed by atoms with van der Waals surface area (Å²) in [6.07, 6.45) is 4.46. The summed E-state index contributed by atoms with van der Waals surface area (Å²) in [5.74, 6) is 2.25. The van der Waals surface area contributed by atoms with Crippen LogP contribution in [0.25, 0.3) is 28.0 Å². The molecule has 1 aliphatic carbocycles. The van der Waals surface area contributed by atoms with Gasteiger partial charge in [-0.15, -0.1) is 0 Å². The van der Waals surface area contributed by atoms with Crippen molar-refractivity contribution in [1.82, 2.24) is 0 Å². The lowest BCUT2D eigenvalue weighted by Crippen LogP contribution is -2.35. The molecule has 1 N–H and O–H groups in total. The van der Waals surface area contributed by atoms with Gasteiger partial charge in [0.15, 0.2) is 5.60 Å². The van der Waals surface area contributed by atoms with Crippen LogP contribution in [0.1, 0.15) is 58.4 Å². The van der Waals surface area contributed by atoms with Crippen molar-refractivity contribution in [3.8, 4) is 28.4 Å². The zero-order valence-electron chi connectivity index (χ0n) is 25.5. The Balaban J connectivity index is 1.58. The van der Waals surface area contributed by atoms with Gasteiger partial charge in [0, 0.05) is 33.1 Å². The molecule has 2 aliphatic rings. The Morgan fingerprint density at radius 3 is 2.09 bits per heavy atom. The molecule has 1 heterocycles. The zero-order valence-corrected chi connectivity index (χ0v) is 25.5. The molecule has 5 aromatic rings. The van der Waals surface area contributed by atoms with Crippen molar-refractivity contribution in [3.05, 3.63) is 129 Å². The lowest BCUT2D eigenvalue weighted by atomic mass is 9.76. The summed E-state index contributed by atoms with van der Waals surface area (Å²) in [7, 11) is 3.33. The van der Waals surface area contributed by atoms with Gasteiger partial charge in [0.1, 0.15) is 17.2 Å². The van der Waals surface area contributed by atoms with Crippen molar-refractivity contribution in [2.45, 2.75) is 45.3 Å². The van der Waals surface area contributed by atoms with Crippen LogP contribution in [0.2, 0.25) is 0 Å². The number of ether oxygens (including phenoxy) is 3. The molecule has 0 amide bonds. The maximum atomic E-state index is 10.3. The summed E-state index contributed by atoms with van der Waals surface area (Å²) in [6.45, 7) is 8.74. The molecular formula is C39H36O4. The van der Waals surface area contributed by atoms with Crippen molar-refractivity contribution < 1.29 is 19.3 Å². The average molecular weight is 569 g/mol. The molecule has 0 aromatic heterocycles. The number of hydrogen-bond donors (Lipinski definition) is 1. The summed E-state index contributed by atoms with van der Waals surface area (Å²) in [4.78, 5) is 0. The van der Waals surface area contributed by atoms with Crippen LogP contribution in [0.4, 0.5) is 0 Å². The Morgan fingerprint density at radius 1 is 0.767 bits per heavy atom. The normalized spacial score (nSPS) is 17.7. The van der Waals surface area contributed by atoms with Crippen molar-refractivity contribution in [1.29, 1.82) is 0 Å². The summed E-state index contributed by atoms with van der Waals surface area (Å²) in [6, 6.07) is 27.5. The summed E-state index contributed by atoms with van der Waals surface area (Å²) >= 11 is 0. The number of benzene rings is 5. The SMILES string of the molecule is COc1ccc(C2(c3ccc(C)cc3)C=Cc3c4c(c5cc(CO)c(OC)cc5c3O2)-c2ccc(C)cc2C4(C)C)cc1. The van der Waals surface area contributed by atoms with Crippen LogP contribution in [0, 0.1) is 13.8 Å². The highest BCUT2D eigenvalue weighted by Gasteiger charge is 2.44. The molecule has 0 saturated heterocycles. The zero-order chi connectivity index (χ0) is 30.1. The van der Waals surface area contributed by atoms with Gasteiger partial charge in [-0.25, -0.2) is 0 Å². The van der Waals surface area contributed by atoms with Gasteiger partial charge < -0.3 is 19.3 Å². The van der Waals surface area contributed by atoms with Crippen molar-refractivity contribution >= 4 is 16.8 Å².